The highest BCUT2D eigenvalue weighted by Gasteiger charge is 2.30. The fourth-order valence-corrected chi connectivity index (χ4v) is 5.60. The number of aliphatic hydroxyl groups is 1. The number of methoxy groups -OCH3 is 2. The van der Waals surface area contributed by atoms with Gasteiger partial charge in [0.15, 0.2) is 0 Å². The van der Waals surface area contributed by atoms with E-state index in [-0.39, 0.29) is 12.3 Å². The number of aliphatic carboxylic acids is 1. The number of hydrogen-bond acceptors (Lipinski definition) is 6. The van der Waals surface area contributed by atoms with Crippen molar-refractivity contribution in [3.63, 3.8) is 0 Å². The van der Waals surface area contributed by atoms with Crippen molar-refractivity contribution < 1.29 is 24.5 Å². The first-order valence-electron chi connectivity index (χ1n) is 13.2. The second-order valence-electron chi connectivity index (χ2n) is 10.00. The van der Waals surface area contributed by atoms with Crippen LogP contribution in [0.3, 0.4) is 0 Å². The summed E-state index contributed by atoms with van der Waals surface area (Å²) in [5.41, 5.74) is 2.40. The predicted octanol–water partition coefficient (Wildman–Crippen LogP) is 5.57. The molecule has 0 aliphatic carbocycles. The van der Waals surface area contributed by atoms with Crippen LogP contribution >= 0.6 is 11.6 Å². The van der Waals surface area contributed by atoms with Gasteiger partial charge in [-0.05, 0) is 92.1 Å². The van der Waals surface area contributed by atoms with Crippen molar-refractivity contribution in [2.75, 3.05) is 33.9 Å². The fourth-order valence-electron chi connectivity index (χ4n) is 5.43. The summed E-state index contributed by atoms with van der Waals surface area (Å²) in [6.07, 6.45) is 4.18. The lowest BCUT2D eigenvalue weighted by molar-refractivity contribution is -0.137. The highest BCUT2D eigenvalue weighted by atomic mass is 35.5. The zero-order valence-corrected chi connectivity index (χ0v) is 23.2. The van der Waals surface area contributed by atoms with E-state index in [0.717, 1.165) is 53.7 Å². The SMILES string of the molecule is COc1ccc2nccc([C@H](O)CC[C@@H]3CCN(CC#Cc4cc(Cl)ccc4OC)C[C@H]3CCC(=O)O)c2c1. The molecule has 0 bridgehead atoms. The van der Waals surface area contributed by atoms with Gasteiger partial charge in [0.1, 0.15) is 11.5 Å². The van der Waals surface area contributed by atoms with E-state index in [9.17, 15) is 15.0 Å². The molecule has 2 N–H and O–H groups in total. The fraction of sp³-hybridized carbons (Fsp3) is 0.419. The van der Waals surface area contributed by atoms with Gasteiger partial charge in [-0.1, -0.05) is 23.4 Å². The Balaban J connectivity index is 1.41. The summed E-state index contributed by atoms with van der Waals surface area (Å²) in [6.45, 7) is 2.24. The van der Waals surface area contributed by atoms with Crippen LogP contribution in [-0.2, 0) is 4.79 Å². The second kappa shape index (κ2) is 13.7. The topological polar surface area (TPSA) is 92.1 Å². The van der Waals surface area contributed by atoms with Gasteiger partial charge in [0.2, 0.25) is 0 Å². The summed E-state index contributed by atoms with van der Waals surface area (Å²) in [4.78, 5) is 18.1. The summed E-state index contributed by atoms with van der Waals surface area (Å²) in [5.74, 6) is 7.58. The van der Waals surface area contributed by atoms with Crippen molar-refractivity contribution in [1.82, 2.24) is 9.88 Å². The number of aliphatic hydroxyl groups excluding tert-OH is 1. The van der Waals surface area contributed by atoms with E-state index in [1.54, 1.807) is 38.6 Å². The van der Waals surface area contributed by atoms with Gasteiger partial charge in [0.05, 0.1) is 37.9 Å². The molecule has 1 saturated heterocycles. The molecule has 1 aromatic heterocycles. The predicted molar refractivity (Wildman–Crippen MR) is 152 cm³/mol. The maximum absolute atomic E-state index is 11.4. The maximum Gasteiger partial charge on any atom is 0.303 e. The first-order valence-corrected chi connectivity index (χ1v) is 13.6. The molecule has 2 aromatic carbocycles. The van der Waals surface area contributed by atoms with Gasteiger partial charge in [-0.25, -0.2) is 0 Å². The molecule has 4 rings (SSSR count). The Morgan fingerprint density at radius 1 is 1.15 bits per heavy atom. The van der Waals surface area contributed by atoms with Crippen LogP contribution in [0.5, 0.6) is 11.5 Å². The van der Waals surface area contributed by atoms with E-state index < -0.39 is 12.1 Å². The van der Waals surface area contributed by atoms with Gasteiger partial charge < -0.3 is 19.7 Å². The van der Waals surface area contributed by atoms with Crippen LogP contribution in [0, 0.1) is 23.7 Å². The van der Waals surface area contributed by atoms with Gasteiger partial charge in [0, 0.05) is 29.6 Å². The third kappa shape index (κ3) is 7.63. The Bertz CT molecular complexity index is 1350. The molecular weight excluding hydrogens is 516 g/mol. The monoisotopic (exact) mass is 550 g/mol. The van der Waals surface area contributed by atoms with Crippen molar-refractivity contribution in [2.45, 2.75) is 38.2 Å². The van der Waals surface area contributed by atoms with Crippen LogP contribution in [0.15, 0.2) is 48.7 Å². The summed E-state index contributed by atoms with van der Waals surface area (Å²) >= 11 is 6.12. The number of fused-ring (bicyclic) bond motifs is 1. The molecule has 7 nitrogen and oxygen atoms in total. The number of carboxylic acids is 1. The number of carbonyl (C=O) groups is 1. The molecule has 0 saturated carbocycles. The average Bonchev–Trinajstić information content (AvgIpc) is 2.94. The molecule has 3 aromatic rings. The molecular formula is C31H35ClN2O5. The third-order valence-corrected chi connectivity index (χ3v) is 7.78. The van der Waals surface area contributed by atoms with Crippen LogP contribution in [0.4, 0.5) is 0 Å². The summed E-state index contributed by atoms with van der Waals surface area (Å²) in [5, 5.41) is 22.0. The molecule has 0 unspecified atom stereocenters. The first-order chi connectivity index (χ1) is 18.9. The van der Waals surface area contributed by atoms with Gasteiger partial charge in [-0.3, -0.25) is 14.7 Å². The minimum atomic E-state index is -0.782. The lowest BCUT2D eigenvalue weighted by Gasteiger charge is -2.38. The van der Waals surface area contributed by atoms with Gasteiger partial charge in [0.25, 0.3) is 0 Å². The molecule has 39 heavy (non-hydrogen) atoms. The highest BCUT2D eigenvalue weighted by Crippen LogP contribution is 2.35. The van der Waals surface area contributed by atoms with Crippen LogP contribution < -0.4 is 9.47 Å². The van der Waals surface area contributed by atoms with Gasteiger partial charge >= 0.3 is 5.97 Å². The normalized spacial score (nSPS) is 18.3. The molecule has 0 spiro atoms. The Labute approximate surface area is 234 Å². The number of benzene rings is 2. The minimum absolute atomic E-state index is 0.137. The molecule has 8 heteroatoms. The number of ether oxygens (including phenoxy) is 2. The molecule has 1 fully saturated rings. The Morgan fingerprint density at radius 2 is 2.00 bits per heavy atom. The van der Waals surface area contributed by atoms with Gasteiger partial charge in [-0.15, -0.1) is 0 Å². The Kier molecular flexibility index (Phi) is 10.0. The number of pyridine rings is 1. The Hall–Kier alpha value is -3.31. The van der Waals surface area contributed by atoms with Crippen LogP contribution in [-0.4, -0.2) is 59.9 Å². The minimum Gasteiger partial charge on any atom is -0.497 e. The third-order valence-electron chi connectivity index (χ3n) is 7.54. The van der Waals surface area contributed by atoms with Crippen molar-refractivity contribution in [3.8, 4) is 23.3 Å². The van der Waals surface area contributed by atoms with Crippen LogP contribution in [0.25, 0.3) is 10.9 Å². The standard InChI is InChI=1S/C31H35ClN2O5/c1-38-25-8-9-28-27(19-25)26(13-15-33-28)29(35)10-5-21-14-17-34(20-23(21)6-12-31(36)37)16-3-4-22-18-24(32)7-11-30(22)39-2/h7-9,11,13,15,18-19,21,23,29,35H,5-6,10,12,14,16-17,20H2,1-2H3,(H,36,37)/t21-,23-,29-/m1/s1. The maximum atomic E-state index is 11.4. The van der Waals surface area contributed by atoms with E-state index in [4.69, 9.17) is 21.1 Å². The van der Waals surface area contributed by atoms with Crippen LogP contribution in [0.2, 0.25) is 5.02 Å². The lowest BCUT2D eigenvalue weighted by atomic mass is 9.79. The van der Waals surface area contributed by atoms with E-state index in [0.29, 0.717) is 36.1 Å². The lowest BCUT2D eigenvalue weighted by Crippen LogP contribution is -2.41. The quantitative estimate of drug-likeness (QED) is 0.319. The molecule has 1 aliphatic heterocycles. The summed E-state index contributed by atoms with van der Waals surface area (Å²) in [7, 11) is 3.23. The van der Waals surface area contributed by atoms with E-state index in [1.807, 2.05) is 24.3 Å². The molecule has 0 amide bonds. The number of piperidine rings is 1. The van der Waals surface area contributed by atoms with Crippen molar-refractivity contribution >= 4 is 28.5 Å². The molecule has 3 atom stereocenters. The number of nitrogens with zero attached hydrogens (tertiary/aromatic N) is 2. The molecule has 0 radical (unpaired) electrons. The smallest absolute Gasteiger partial charge is 0.303 e. The molecule has 1 aliphatic rings. The zero-order chi connectivity index (χ0) is 27.8. The molecule has 2 heterocycles. The van der Waals surface area contributed by atoms with Crippen LogP contribution in [0.1, 0.15) is 49.3 Å². The van der Waals surface area contributed by atoms with E-state index >= 15 is 0 Å². The van der Waals surface area contributed by atoms with E-state index in [2.05, 4.69) is 21.7 Å². The van der Waals surface area contributed by atoms with Gasteiger partial charge in [-0.2, -0.15) is 0 Å². The van der Waals surface area contributed by atoms with E-state index in [1.165, 1.54) is 0 Å². The summed E-state index contributed by atoms with van der Waals surface area (Å²) < 4.78 is 10.7. The van der Waals surface area contributed by atoms with Crippen molar-refractivity contribution in [2.24, 2.45) is 11.8 Å². The van der Waals surface area contributed by atoms with Crippen molar-refractivity contribution in [3.05, 3.63) is 64.8 Å². The first kappa shape index (κ1) is 28.7. The number of rotatable bonds is 10. The molecule has 206 valence electrons. The second-order valence-corrected chi connectivity index (χ2v) is 10.4. The largest absolute Gasteiger partial charge is 0.497 e. The zero-order valence-electron chi connectivity index (χ0n) is 22.4. The number of likely N-dealkylation sites (tertiary alicyclic amines) is 1. The number of hydrogen-bond donors (Lipinski definition) is 2. The number of carboxylic acid groups (broad SMARTS) is 1. The number of halogens is 1. The average molecular weight is 551 g/mol. The Morgan fingerprint density at radius 3 is 2.77 bits per heavy atom. The van der Waals surface area contributed by atoms with Crippen molar-refractivity contribution in [1.29, 1.82) is 0 Å². The summed E-state index contributed by atoms with van der Waals surface area (Å²) in [6, 6.07) is 12.9. The highest BCUT2D eigenvalue weighted by molar-refractivity contribution is 6.30. The number of aromatic nitrogens is 1.